The Morgan fingerprint density at radius 3 is 2.75 bits per heavy atom. The summed E-state index contributed by atoms with van der Waals surface area (Å²) in [5.41, 5.74) is 0.765. The van der Waals surface area contributed by atoms with E-state index in [1.165, 1.54) is 0 Å². The Hall–Kier alpha value is -0.700. The number of aryl methyl sites for hydroxylation is 1. The summed E-state index contributed by atoms with van der Waals surface area (Å²) in [6, 6.07) is 0. The summed E-state index contributed by atoms with van der Waals surface area (Å²) >= 11 is 1.62. The van der Waals surface area contributed by atoms with Crippen molar-refractivity contribution in [3.05, 3.63) is 16.1 Å². The first-order chi connectivity index (χ1) is 5.53. The van der Waals surface area contributed by atoms with E-state index >= 15 is 0 Å². The SMILES string of the molecule is Cc1csc(CC(C)(C)C=O)n1. The van der Waals surface area contributed by atoms with Gasteiger partial charge in [0.05, 0.1) is 5.01 Å². The third kappa shape index (κ3) is 2.41. The molecule has 0 saturated heterocycles. The maximum absolute atomic E-state index is 10.6. The molecule has 1 aromatic heterocycles. The molecule has 2 nitrogen and oxygen atoms in total. The Kier molecular flexibility index (Phi) is 2.62. The summed E-state index contributed by atoms with van der Waals surface area (Å²) in [5.74, 6) is 0. The minimum Gasteiger partial charge on any atom is -0.303 e. The van der Waals surface area contributed by atoms with Crippen molar-refractivity contribution in [2.24, 2.45) is 5.41 Å². The molecule has 0 spiro atoms. The molecule has 0 amide bonds. The minimum atomic E-state index is -0.274. The van der Waals surface area contributed by atoms with Crippen LogP contribution >= 0.6 is 11.3 Å². The van der Waals surface area contributed by atoms with Gasteiger partial charge in [-0.15, -0.1) is 11.3 Å². The van der Waals surface area contributed by atoms with Crippen molar-refractivity contribution in [1.82, 2.24) is 4.98 Å². The highest BCUT2D eigenvalue weighted by Crippen LogP contribution is 2.21. The molecule has 0 atom stereocenters. The zero-order chi connectivity index (χ0) is 9.19. The average Bonchev–Trinajstić information content (AvgIpc) is 2.35. The van der Waals surface area contributed by atoms with Gasteiger partial charge in [0, 0.05) is 22.9 Å². The molecule has 1 rings (SSSR count). The highest BCUT2D eigenvalue weighted by atomic mass is 32.1. The molecule has 0 aliphatic carbocycles. The third-order valence-electron chi connectivity index (χ3n) is 1.59. The minimum absolute atomic E-state index is 0.274. The molecule has 0 saturated carbocycles. The van der Waals surface area contributed by atoms with E-state index in [4.69, 9.17) is 0 Å². The topological polar surface area (TPSA) is 30.0 Å². The fraction of sp³-hybridized carbons (Fsp3) is 0.556. The Balaban J connectivity index is 2.69. The molecule has 1 aromatic rings. The van der Waals surface area contributed by atoms with E-state index in [0.717, 1.165) is 23.4 Å². The first-order valence-corrected chi connectivity index (χ1v) is 4.79. The van der Waals surface area contributed by atoms with Crippen molar-refractivity contribution >= 4 is 17.6 Å². The second-order valence-electron chi connectivity index (χ2n) is 3.67. The summed E-state index contributed by atoms with van der Waals surface area (Å²) in [6.45, 7) is 5.82. The van der Waals surface area contributed by atoms with Crippen LogP contribution < -0.4 is 0 Å². The Bertz CT molecular complexity index is 278. The lowest BCUT2D eigenvalue weighted by molar-refractivity contribution is -0.114. The van der Waals surface area contributed by atoms with Gasteiger partial charge in [-0.3, -0.25) is 0 Å². The van der Waals surface area contributed by atoms with Gasteiger partial charge < -0.3 is 4.79 Å². The maximum atomic E-state index is 10.6. The molecule has 0 bridgehead atoms. The quantitative estimate of drug-likeness (QED) is 0.672. The van der Waals surface area contributed by atoms with Crippen molar-refractivity contribution in [2.45, 2.75) is 27.2 Å². The first-order valence-electron chi connectivity index (χ1n) is 3.91. The van der Waals surface area contributed by atoms with E-state index in [2.05, 4.69) is 4.98 Å². The molecule has 0 aliphatic heterocycles. The summed E-state index contributed by atoms with van der Waals surface area (Å²) in [4.78, 5) is 14.9. The number of carbonyl (C=O) groups is 1. The van der Waals surface area contributed by atoms with Crippen molar-refractivity contribution in [1.29, 1.82) is 0 Å². The standard InChI is InChI=1S/C9H13NOS/c1-7-5-12-8(10-7)4-9(2,3)6-11/h5-6H,4H2,1-3H3. The number of aldehydes is 1. The Morgan fingerprint density at radius 2 is 2.33 bits per heavy atom. The van der Waals surface area contributed by atoms with Crippen LogP contribution in [0.15, 0.2) is 5.38 Å². The van der Waals surface area contributed by atoms with Crippen molar-refractivity contribution in [3.8, 4) is 0 Å². The van der Waals surface area contributed by atoms with Crippen molar-refractivity contribution in [2.75, 3.05) is 0 Å². The summed E-state index contributed by atoms with van der Waals surface area (Å²) in [5, 5.41) is 3.06. The van der Waals surface area contributed by atoms with E-state index in [-0.39, 0.29) is 5.41 Å². The van der Waals surface area contributed by atoms with Crippen LogP contribution in [0, 0.1) is 12.3 Å². The molecule has 0 aromatic carbocycles. The molecule has 0 aliphatic rings. The summed E-state index contributed by atoms with van der Waals surface area (Å²) in [7, 11) is 0. The van der Waals surface area contributed by atoms with Crippen LogP contribution in [0.1, 0.15) is 24.5 Å². The number of hydrogen-bond donors (Lipinski definition) is 0. The molecule has 0 radical (unpaired) electrons. The third-order valence-corrected chi connectivity index (χ3v) is 2.56. The second kappa shape index (κ2) is 3.35. The Labute approximate surface area is 76.6 Å². The van der Waals surface area contributed by atoms with Crippen molar-refractivity contribution in [3.63, 3.8) is 0 Å². The van der Waals surface area contributed by atoms with Crippen LogP contribution in [-0.2, 0) is 11.2 Å². The lowest BCUT2D eigenvalue weighted by Gasteiger charge is -2.13. The van der Waals surface area contributed by atoms with Crippen LogP contribution in [0.2, 0.25) is 0 Å². The van der Waals surface area contributed by atoms with Gasteiger partial charge in [0.25, 0.3) is 0 Å². The monoisotopic (exact) mass is 183 g/mol. The second-order valence-corrected chi connectivity index (χ2v) is 4.61. The smallest absolute Gasteiger partial charge is 0.126 e. The van der Waals surface area contributed by atoms with Gasteiger partial charge in [-0.2, -0.15) is 0 Å². The molecule has 66 valence electrons. The number of rotatable bonds is 3. The highest BCUT2D eigenvalue weighted by Gasteiger charge is 2.18. The maximum Gasteiger partial charge on any atom is 0.126 e. The molecular formula is C9H13NOS. The van der Waals surface area contributed by atoms with E-state index in [0.29, 0.717) is 0 Å². The average molecular weight is 183 g/mol. The van der Waals surface area contributed by atoms with Crippen LogP contribution in [0.3, 0.4) is 0 Å². The molecular weight excluding hydrogens is 170 g/mol. The van der Waals surface area contributed by atoms with Gasteiger partial charge in [-0.1, -0.05) is 13.8 Å². The fourth-order valence-electron chi connectivity index (χ4n) is 0.915. The Morgan fingerprint density at radius 1 is 1.67 bits per heavy atom. The molecule has 1 heterocycles. The number of aromatic nitrogens is 1. The van der Waals surface area contributed by atoms with Crippen LogP contribution in [0.4, 0.5) is 0 Å². The van der Waals surface area contributed by atoms with Crippen LogP contribution in [0.5, 0.6) is 0 Å². The summed E-state index contributed by atoms with van der Waals surface area (Å²) < 4.78 is 0. The largest absolute Gasteiger partial charge is 0.303 e. The van der Waals surface area contributed by atoms with E-state index in [1.807, 2.05) is 26.2 Å². The lowest BCUT2D eigenvalue weighted by atomic mass is 9.92. The predicted octanol–water partition coefficient (Wildman–Crippen LogP) is 2.22. The molecule has 3 heteroatoms. The van der Waals surface area contributed by atoms with Gasteiger partial charge in [0.1, 0.15) is 6.29 Å². The van der Waals surface area contributed by atoms with E-state index in [9.17, 15) is 4.79 Å². The van der Waals surface area contributed by atoms with E-state index in [1.54, 1.807) is 11.3 Å². The zero-order valence-corrected chi connectivity index (χ0v) is 8.44. The van der Waals surface area contributed by atoms with Gasteiger partial charge in [0.2, 0.25) is 0 Å². The van der Waals surface area contributed by atoms with Gasteiger partial charge >= 0.3 is 0 Å². The highest BCUT2D eigenvalue weighted by molar-refractivity contribution is 7.09. The van der Waals surface area contributed by atoms with Crippen LogP contribution in [0.25, 0.3) is 0 Å². The normalized spacial score (nSPS) is 11.6. The first kappa shape index (κ1) is 9.39. The van der Waals surface area contributed by atoms with Gasteiger partial charge in [0.15, 0.2) is 0 Å². The number of hydrogen-bond acceptors (Lipinski definition) is 3. The molecule has 0 fully saturated rings. The fourth-order valence-corrected chi connectivity index (χ4v) is 1.93. The number of carbonyl (C=O) groups excluding carboxylic acids is 1. The summed E-state index contributed by atoms with van der Waals surface area (Å²) in [6.07, 6.45) is 1.73. The number of thiazole rings is 1. The number of nitrogens with zero attached hydrogens (tertiary/aromatic N) is 1. The lowest BCUT2D eigenvalue weighted by Crippen LogP contribution is -2.16. The van der Waals surface area contributed by atoms with E-state index < -0.39 is 0 Å². The molecule has 12 heavy (non-hydrogen) atoms. The van der Waals surface area contributed by atoms with Crippen molar-refractivity contribution < 1.29 is 4.79 Å². The van der Waals surface area contributed by atoms with Gasteiger partial charge in [-0.05, 0) is 6.92 Å². The molecule has 0 unspecified atom stereocenters. The van der Waals surface area contributed by atoms with Gasteiger partial charge in [-0.25, -0.2) is 4.98 Å². The zero-order valence-electron chi connectivity index (χ0n) is 7.63. The predicted molar refractivity (Wildman–Crippen MR) is 50.4 cm³/mol. The molecule has 0 N–H and O–H groups in total. The van der Waals surface area contributed by atoms with Crippen LogP contribution in [-0.4, -0.2) is 11.3 Å².